The van der Waals surface area contributed by atoms with E-state index in [1.165, 1.54) is 25.9 Å². The van der Waals surface area contributed by atoms with Gasteiger partial charge in [-0.25, -0.2) is 0 Å². The van der Waals surface area contributed by atoms with Gasteiger partial charge < -0.3 is 14.2 Å². The lowest BCUT2D eigenvalue weighted by atomic mass is 10.2. The first kappa shape index (κ1) is 15.0. The van der Waals surface area contributed by atoms with E-state index in [4.69, 9.17) is 16.0 Å². The Bertz CT molecular complexity index is 721. The average molecular weight is 333 g/mol. The number of carbonyl (C=O) groups is 1. The highest BCUT2D eigenvalue weighted by Gasteiger charge is 2.32. The van der Waals surface area contributed by atoms with Crippen molar-refractivity contribution in [2.45, 2.75) is 31.7 Å². The van der Waals surface area contributed by atoms with Crippen molar-refractivity contribution in [1.82, 2.24) is 9.80 Å². The summed E-state index contributed by atoms with van der Waals surface area (Å²) in [6.45, 7) is 4.16. The fourth-order valence-electron chi connectivity index (χ4n) is 3.82. The van der Waals surface area contributed by atoms with Gasteiger partial charge in [0, 0.05) is 29.5 Å². The molecule has 1 amide bonds. The zero-order valence-corrected chi connectivity index (χ0v) is 13.9. The maximum Gasteiger partial charge on any atom is 0.289 e. The Balaban J connectivity index is 1.53. The molecule has 0 N–H and O–H groups in total. The lowest BCUT2D eigenvalue weighted by molar-refractivity contribution is 0.0679. The minimum absolute atomic E-state index is 0.0130. The van der Waals surface area contributed by atoms with Gasteiger partial charge in [-0.2, -0.15) is 0 Å². The van der Waals surface area contributed by atoms with Gasteiger partial charge in [0.25, 0.3) is 5.91 Å². The first-order valence-corrected chi connectivity index (χ1v) is 8.81. The molecule has 0 saturated carbocycles. The van der Waals surface area contributed by atoms with Gasteiger partial charge in [-0.05, 0) is 63.0 Å². The first-order chi connectivity index (χ1) is 11.2. The van der Waals surface area contributed by atoms with Crippen LogP contribution >= 0.6 is 11.6 Å². The molecule has 2 aliphatic heterocycles. The smallest absolute Gasteiger partial charge is 0.289 e. The van der Waals surface area contributed by atoms with E-state index in [1.807, 2.05) is 23.1 Å². The van der Waals surface area contributed by atoms with Crippen molar-refractivity contribution in [3.63, 3.8) is 0 Å². The number of nitrogens with zero attached hydrogens (tertiary/aromatic N) is 2. The Morgan fingerprint density at radius 2 is 2.00 bits per heavy atom. The largest absolute Gasteiger partial charge is 0.451 e. The minimum atomic E-state index is 0.0130. The third-order valence-corrected chi connectivity index (χ3v) is 5.23. The second kappa shape index (κ2) is 6.17. The van der Waals surface area contributed by atoms with Gasteiger partial charge >= 0.3 is 0 Å². The number of furan rings is 1. The van der Waals surface area contributed by atoms with Crippen molar-refractivity contribution in [3.8, 4) is 0 Å². The van der Waals surface area contributed by atoms with Crippen LogP contribution in [0.3, 0.4) is 0 Å². The molecule has 2 aliphatic rings. The molecule has 4 rings (SSSR count). The zero-order valence-electron chi connectivity index (χ0n) is 13.1. The van der Waals surface area contributed by atoms with E-state index in [-0.39, 0.29) is 5.91 Å². The van der Waals surface area contributed by atoms with Crippen LogP contribution < -0.4 is 0 Å². The van der Waals surface area contributed by atoms with Gasteiger partial charge in [-0.15, -0.1) is 0 Å². The third-order valence-electron chi connectivity index (χ3n) is 4.99. The van der Waals surface area contributed by atoms with Gasteiger partial charge in [-0.3, -0.25) is 4.79 Å². The molecule has 0 aliphatic carbocycles. The van der Waals surface area contributed by atoms with Crippen LogP contribution in [-0.2, 0) is 0 Å². The van der Waals surface area contributed by atoms with Gasteiger partial charge in [0.1, 0.15) is 5.58 Å². The summed E-state index contributed by atoms with van der Waals surface area (Å²) in [5, 5.41) is 1.54. The van der Waals surface area contributed by atoms with E-state index < -0.39 is 0 Å². The molecule has 4 nitrogen and oxygen atoms in total. The van der Waals surface area contributed by atoms with Crippen LogP contribution in [-0.4, -0.2) is 47.9 Å². The summed E-state index contributed by atoms with van der Waals surface area (Å²) in [6, 6.07) is 7.57. The molecule has 0 bridgehead atoms. The molecule has 1 aromatic heterocycles. The number of carbonyl (C=O) groups excluding carboxylic acids is 1. The van der Waals surface area contributed by atoms with Crippen molar-refractivity contribution in [2.24, 2.45) is 0 Å². The lowest BCUT2D eigenvalue weighted by Gasteiger charge is -2.27. The van der Waals surface area contributed by atoms with Gasteiger partial charge in [-0.1, -0.05) is 11.6 Å². The molecule has 2 aromatic rings. The molecule has 1 aromatic carbocycles. The molecule has 122 valence electrons. The summed E-state index contributed by atoms with van der Waals surface area (Å²) in [6.07, 6.45) is 4.74. The molecule has 0 radical (unpaired) electrons. The van der Waals surface area contributed by atoms with Crippen LogP contribution in [0, 0.1) is 0 Å². The number of hydrogen-bond acceptors (Lipinski definition) is 3. The van der Waals surface area contributed by atoms with Crippen molar-refractivity contribution in [2.75, 3.05) is 26.2 Å². The fourth-order valence-corrected chi connectivity index (χ4v) is 4.00. The molecule has 2 saturated heterocycles. The SMILES string of the molecule is O=C(c1cc2cc(Cl)ccc2o1)N1CCC[C@H]1CN1CCCC1. The Morgan fingerprint density at radius 1 is 1.17 bits per heavy atom. The molecule has 3 heterocycles. The maximum absolute atomic E-state index is 12.9. The van der Waals surface area contributed by atoms with E-state index in [9.17, 15) is 4.79 Å². The van der Waals surface area contributed by atoms with Gasteiger partial charge in [0.15, 0.2) is 5.76 Å². The zero-order chi connectivity index (χ0) is 15.8. The van der Waals surface area contributed by atoms with Crippen LogP contribution in [0.4, 0.5) is 0 Å². The summed E-state index contributed by atoms with van der Waals surface area (Å²) in [4.78, 5) is 17.3. The number of likely N-dealkylation sites (tertiary alicyclic amines) is 2. The van der Waals surface area contributed by atoms with Crippen molar-refractivity contribution < 1.29 is 9.21 Å². The van der Waals surface area contributed by atoms with Gasteiger partial charge in [0.2, 0.25) is 0 Å². The topological polar surface area (TPSA) is 36.7 Å². The normalized spacial score (nSPS) is 22.3. The minimum Gasteiger partial charge on any atom is -0.451 e. The summed E-state index contributed by atoms with van der Waals surface area (Å²) in [7, 11) is 0. The Morgan fingerprint density at radius 3 is 2.83 bits per heavy atom. The third kappa shape index (κ3) is 2.98. The van der Waals surface area contributed by atoms with E-state index >= 15 is 0 Å². The standard InChI is InChI=1S/C18H21ClN2O2/c19-14-5-6-16-13(10-14)11-17(23-16)18(22)21-9-3-4-15(21)12-20-7-1-2-8-20/h5-6,10-11,15H,1-4,7-9,12H2/t15-/m0/s1. The molecule has 2 fully saturated rings. The number of rotatable bonds is 3. The average Bonchev–Trinajstić information content (AvgIpc) is 3.26. The Labute approximate surface area is 141 Å². The van der Waals surface area contributed by atoms with Crippen LogP contribution in [0.15, 0.2) is 28.7 Å². The maximum atomic E-state index is 12.9. The number of fused-ring (bicyclic) bond motifs is 1. The molecular formula is C18H21ClN2O2. The first-order valence-electron chi connectivity index (χ1n) is 8.43. The van der Waals surface area contributed by atoms with E-state index in [1.54, 1.807) is 6.07 Å². The summed E-state index contributed by atoms with van der Waals surface area (Å²) < 4.78 is 5.75. The molecular weight excluding hydrogens is 312 g/mol. The van der Waals surface area contributed by atoms with Crippen molar-refractivity contribution in [3.05, 3.63) is 35.0 Å². The molecule has 1 atom stereocenters. The van der Waals surface area contributed by atoms with Crippen LogP contribution in [0.1, 0.15) is 36.2 Å². The highest BCUT2D eigenvalue weighted by atomic mass is 35.5. The quantitative estimate of drug-likeness (QED) is 0.858. The van der Waals surface area contributed by atoms with E-state index in [2.05, 4.69) is 4.90 Å². The lowest BCUT2D eigenvalue weighted by Crippen LogP contribution is -2.42. The Hall–Kier alpha value is -1.52. The second-order valence-electron chi connectivity index (χ2n) is 6.60. The number of amides is 1. The van der Waals surface area contributed by atoms with Crippen molar-refractivity contribution >= 4 is 28.5 Å². The number of benzene rings is 1. The fraction of sp³-hybridized carbons (Fsp3) is 0.500. The summed E-state index contributed by atoms with van der Waals surface area (Å²) in [5.74, 6) is 0.439. The number of halogens is 1. The van der Waals surface area contributed by atoms with Crippen LogP contribution in [0.2, 0.25) is 5.02 Å². The number of hydrogen-bond donors (Lipinski definition) is 0. The van der Waals surface area contributed by atoms with Crippen molar-refractivity contribution in [1.29, 1.82) is 0 Å². The highest BCUT2D eigenvalue weighted by Crippen LogP contribution is 2.27. The molecule has 0 spiro atoms. The summed E-state index contributed by atoms with van der Waals surface area (Å²) >= 11 is 6.01. The van der Waals surface area contributed by atoms with E-state index in [0.717, 1.165) is 31.3 Å². The van der Waals surface area contributed by atoms with Crippen LogP contribution in [0.5, 0.6) is 0 Å². The predicted octanol–water partition coefficient (Wildman–Crippen LogP) is 3.79. The van der Waals surface area contributed by atoms with Crippen LogP contribution in [0.25, 0.3) is 11.0 Å². The Kier molecular flexibility index (Phi) is 4.04. The second-order valence-corrected chi connectivity index (χ2v) is 7.03. The molecule has 5 heteroatoms. The van der Waals surface area contributed by atoms with E-state index in [0.29, 0.717) is 22.4 Å². The van der Waals surface area contributed by atoms with Gasteiger partial charge in [0.05, 0.1) is 0 Å². The molecule has 0 unspecified atom stereocenters. The monoisotopic (exact) mass is 332 g/mol. The highest BCUT2D eigenvalue weighted by molar-refractivity contribution is 6.31. The summed E-state index contributed by atoms with van der Waals surface area (Å²) in [5.41, 5.74) is 0.716. The predicted molar refractivity (Wildman–Crippen MR) is 91.0 cm³/mol. The molecule has 23 heavy (non-hydrogen) atoms.